The van der Waals surface area contributed by atoms with Gasteiger partial charge in [0.1, 0.15) is 17.3 Å². The average molecular weight is 233 g/mol. The normalized spacial score (nSPS) is 10.3. The van der Waals surface area contributed by atoms with Crippen LogP contribution in [0.5, 0.6) is 0 Å². The zero-order valence-electron chi connectivity index (χ0n) is 9.50. The summed E-state index contributed by atoms with van der Waals surface area (Å²) in [6, 6.07) is 11.6. The molecule has 88 valence electrons. The molecule has 0 aliphatic heterocycles. The maximum absolute atomic E-state index is 13.4. The molecular weight excluding hydrogens is 220 g/mol. The second kappa shape index (κ2) is 4.95. The summed E-state index contributed by atoms with van der Waals surface area (Å²) in [5, 5.41) is 2.79. The molecule has 0 saturated heterocycles. The van der Waals surface area contributed by atoms with Crippen molar-refractivity contribution in [2.75, 3.05) is 5.32 Å². The number of benzene rings is 2. The van der Waals surface area contributed by atoms with E-state index in [9.17, 15) is 8.78 Å². The summed E-state index contributed by atoms with van der Waals surface area (Å²) in [6.45, 7) is 2.37. The van der Waals surface area contributed by atoms with Crippen LogP contribution in [0.2, 0.25) is 0 Å². The molecule has 0 spiro atoms. The third-order valence-corrected chi connectivity index (χ3v) is 2.68. The Morgan fingerprint density at radius 2 is 1.59 bits per heavy atom. The highest BCUT2D eigenvalue weighted by Gasteiger charge is 2.07. The predicted octanol–water partition coefficient (Wildman–Crippen LogP) is 3.89. The monoisotopic (exact) mass is 233 g/mol. The fourth-order valence-electron chi connectivity index (χ4n) is 1.66. The molecule has 0 aliphatic carbocycles. The van der Waals surface area contributed by atoms with Crippen molar-refractivity contribution in [2.45, 2.75) is 13.5 Å². The van der Waals surface area contributed by atoms with Crippen LogP contribution in [0.1, 0.15) is 11.1 Å². The highest BCUT2D eigenvalue weighted by molar-refractivity contribution is 5.47. The van der Waals surface area contributed by atoms with E-state index < -0.39 is 11.6 Å². The number of para-hydroxylation sites is 1. The fourth-order valence-corrected chi connectivity index (χ4v) is 1.66. The highest BCUT2D eigenvalue weighted by Crippen LogP contribution is 2.19. The summed E-state index contributed by atoms with van der Waals surface area (Å²) in [7, 11) is 0. The summed E-state index contributed by atoms with van der Waals surface area (Å²) in [5.41, 5.74) is 2.04. The standard InChI is InChI=1S/C14H13F2N/c1-10-5-2-3-6-11(10)9-17-14-12(15)7-4-8-13(14)16/h2-8,17H,9H2,1H3. The van der Waals surface area contributed by atoms with Gasteiger partial charge in [-0.1, -0.05) is 30.3 Å². The van der Waals surface area contributed by atoms with E-state index in [2.05, 4.69) is 5.32 Å². The molecular formula is C14H13F2N. The molecule has 1 nitrogen and oxygen atoms in total. The first kappa shape index (κ1) is 11.6. The summed E-state index contributed by atoms with van der Waals surface area (Å²) in [5.74, 6) is -1.14. The average Bonchev–Trinajstić information content (AvgIpc) is 2.30. The van der Waals surface area contributed by atoms with E-state index in [4.69, 9.17) is 0 Å². The topological polar surface area (TPSA) is 12.0 Å². The molecule has 2 aromatic carbocycles. The van der Waals surface area contributed by atoms with Gasteiger partial charge in [0.15, 0.2) is 0 Å². The molecule has 0 amide bonds. The van der Waals surface area contributed by atoms with Crippen molar-refractivity contribution < 1.29 is 8.78 Å². The Kier molecular flexibility index (Phi) is 3.38. The van der Waals surface area contributed by atoms with Crippen LogP contribution in [0.15, 0.2) is 42.5 Å². The molecule has 2 rings (SSSR count). The third kappa shape index (κ3) is 2.61. The van der Waals surface area contributed by atoms with Crippen molar-refractivity contribution in [1.29, 1.82) is 0 Å². The summed E-state index contributed by atoms with van der Waals surface area (Å²) >= 11 is 0. The fraction of sp³-hybridized carbons (Fsp3) is 0.143. The second-order valence-electron chi connectivity index (χ2n) is 3.88. The van der Waals surface area contributed by atoms with E-state index in [1.165, 1.54) is 18.2 Å². The number of hydrogen-bond acceptors (Lipinski definition) is 1. The van der Waals surface area contributed by atoms with Gasteiger partial charge in [0.25, 0.3) is 0 Å². The Balaban J connectivity index is 2.16. The Morgan fingerprint density at radius 1 is 0.941 bits per heavy atom. The van der Waals surface area contributed by atoms with E-state index in [-0.39, 0.29) is 5.69 Å². The first-order valence-corrected chi connectivity index (χ1v) is 5.41. The number of anilines is 1. The Labute approximate surface area is 99.1 Å². The van der Waals surface area contributed by atoms with Crippen molar-refractivity contribution in [1.82, 2.24) is 0 Å². The first-order valence-electron chi connectivity index (χ1n) is 5.41. The van der Waals surface area contributed by atoms with Gasteiger partial charge < -0.3 is 5.32 Å². The lowest BCUT2D eigenvalue weighted by Crippen LogP contribution is -2.04. The van der Waals surface area contributed by atoms with Crippen molar-refractivity contribution in [3.63, 3.8) is 0 Å². The lowest BCUT2D eigenvalue weighted by atomic mass is 10.1. The zero-order valence-corrected chi connectivity index (χ0v) is 9.50. The molecule has 0 fully saturated rings. The number of hydrogen-bond donors (Lipinski definition) is 1. The van der Waals surface area contributed by atoms with Crippen LogP contribution in [0.25, 0.3) is 0 Å². The van der Waals surface area contributed by atoms with Crippen molar-refractivity contribution >= 4 is 5.69 Å². The van der Waals surface area contributed by atoms with Gasteiger partial charge in [0.05, 0.1) is 0 Å². The molecule has 0 aromatic heterocycles. The highest BCUT2D eigenvalue weighted by atomic mass is 19.1. The molecule has 0 unspecified atom stereocenters. The lowest BCUT2D eigenvalue weighted by molar-refractivity contribution is 0.588. The third-order valence-electron chi connectivity index (χ3n) is 2.68. The predicted molar refractivity (Wildman–Crippen MR) is 64.9 cm³/mol. The Morgan fingerprint density at radius 3 is 2.24 bits per heavy atom. The maximum Gasteiger partial charge on any atom is 0.149 e. The van der Waals surface area contributed by atoms with Crippen molar-refractivity contribution in [3.05, 3.63) is 65.2 Å². The molecule has 1 N–H and O–H groups in total. The molecule has 0 saturated carbocycles. The first-order chi connectivity index (χ1) is 8.18. The Hall–Kier alpha value is -1.90. The van der Waals surface area contributed by atoms with Gasteiger partial charge in [0, 0.05) is 6.54 Å². The van der Waals surface area contributed by atoms with Crippen LogP contribution in [-0.4, -0.2) is 0 Å². The summed E-state index contributed by atoms with van der Waals surface area (Å²) < 4.78 is 26.7. The van der Waals surface area contributed by atoms with Crippen LogP contribution < -0.4 is 5.32 Å². The van der Waals surface area contributed by atoms with E-state index in [0.29, 0.717) is 6.54 Å². The molecule has 0 bridgehead atoms. The smallest absolute Gasteiger partial charge is 0.149 e. The largest absolute Gasteiger partial charge is 0.376 e. The molecule has 0 heterocycles. The van der Waals surface area contributed by atoms with Gasteiger partial charge in [-0.3, -0.25) is 0 Å². The van der Waals surface area contributed by atoms with Crippen molar-refractivity contribution in [2.24, 2.45) is 0 Å². The van der Waals surface area contributed by atoms with Gasteiger partial charge in [-0.25, -0.2) is 8.78 Å². The summed E-state index contributed by atoms with van der Waals surface area (Å²) in [6.07, 6.45) is 0. The minimum atomic E-state index is -0.571. The van der Waals surface area contributed by atoms with Gasteiger partial charge in [-0.15, -0.1) is 0 Å². The van der Waals surface area contributed by atoms with Gasteiger partial charge in [0.2, 0.25) is 0 Å². The van der Waals surface area contributed by atoms with Crippen LogP contribution >= 0.6 is 0 Å². The van der Waals surface area contributed by atoms with Crippen LogP contribution in [-0.2, 0) is 6.54 Å². The Bertz CT molecular complexity index is 503. The van der Waals surface area contributed by atoms with Crippen molar-refractivity contribution in [3.8, 4) is 0 Å². The molecule has 0 radical (unpaired) electrons. The van der Waals surface area contributed by atoms with Gasteiger partial charge in [-0.2, -0.15) is 0 Å². The van der Waals surface area contributed by atoms with E-state index in [1.54, 1.807) is 0 Å². The zero-order chi connectivity index (χ0) is 12.3. The number of nitrogens with one attached hydrogen (secondary N) is 1. The molecule has 3 heteroatoms. The van der Waals surface area contributed by atoms with E-state index >= 15 is 0 Å². The van der Waals surface area contributed by atoms with Gasteiger partial charge >= 0.3 is 0 Å². The quantitative estimate of drug-likeness (QED) is 0.848. The number of rotatable bonds is 3. The molecule has 0 atom stereocenters. The van der Waals surface area contributed by atoms with Crippen LogP contribution in [0, 0.1) is 18.6 Å². The second-order valence-corrected chi connectivity index (χ2v) is 3.88. The molecule has 17 heavy (non-hydrogen) atoms. The minimum Gasteiger partial charge on any atom is -0.376 e. The SMILES string of the molecule is Cc1ccccc1CNc1c(F)cccc1F. The maximum atomic E-state index is 13.4. The van der Waals surface area contributed by atoms with E-state index in [0.717, 1.165) is 11.1 Å². The van der Waals surface area contributed by atoms with Crippen LogP contribution in [0.4, 0.5) is 14.5 Å². The molecule has 0 aliphatic rings. The van der Waals surface area contributed by atoms with Crippen LogP contribution in [0.3, 0.4) is 0 Å². The minimum absolute atomic E-state index is 0.0734. The number of aryl methyl sites for hydroxylation is 1. The lowest BCUT2D eigenvalue weighted by Gasteiger charge is -2.10. The molecule has 2 aromatic rings. The van der Waals surface area contributed by atoms with Gasteiger partial charge in [-0.05, 0) is 30.2 Å². The summed E-state index contributed by atoms with van der Waals surface area (Å²) in [4.78, 5) is 0. The van der Waals surface area contributed by atoms with E-state index in [1.807, 2.05) is 31.2 Å². The number of halogens is 2.